The first-order valence-electron chi connectivity index (χ1n) is 5.92. The van der Waals surface area contributed by atoms with Gasteiger partial charge in [0.25, 0.3) is 0 Å². The van der Waals surface area contributed by atoms with Crippen LogP contribution >= 0.6 is 0 Å². The van der Waals surface area contributed by atoms with E-state index in [1.165, 1.54) is 24.3 Å². The molecule has 5 heteroatoms. The molecule has 0 aliphatic carbocycles. The van der Waals surface area contributed by atoms with Crippen molar-refractivity contribution in [1.29, 1.82) is 0 Å². The molecule has 0 bridgehead atoms. The predicted octanol–water partition coefficient (Wildman–Crippen LogP) is 3.49. The summed E-state index contributed by atoms with van der Waals surface area (Å²) in [5.74, 6) is 0.0111. The minimum absolute atomic E-state index is 0.314. The van der Waals surface area contributed by atoms with Crippen LogP contribution in [0.5, 0.6) is 0 Å². The summed E-state index contributed by atoms with van der Waals surface area (Å²) in [6, 6.07) is 4.83. The Balaban J connectivity index is 2.69. The number of hydrogen-bond donors (Lipinski definition) is 1. The van der Waals surface area contributed by atoms with Gasteiger partial charge in [-0.1, -0.05) is 26.0 Å². The molecule has 0 aromatic heterocycles. The van der Waals surface area contributed by atoms with Crippen molar-refractivity contribution in [2.75, 3.05) is 6.54 Å². The van der Waals surface area contributed by atoms with Gasteiger partial charge in [0.2, 0.25) is 5.91 Å². The molecule has 0 heterocycles. The Bertz CT molecular complexity index is 464. The van der Waals surface area contributed by atoms with Gasteiger partial charge >= 0.3 is 6.18 Å². The summed E-state index contributed by atoms with van der Waals surface area (Å²) in [4.78, 5) is 11.4. The van der Waals surface area contributed by atoms with Crippen LogP contribution in [0.25, 0.3) is 6.08 Å². The van der Waals surface area contributed by atoms with E-state index in [-0.39, 0.29) is 5.91 Å². The number of rotatable bonds is 4. The molecular weight excluding hydrogens is 255 g/mol. The van der Waals surface area contributed by atoms with E-state index in [0.29, 0.717) is 18.0 Å². The van der Waals surface area contributed by atoms with E-state index in [0.717, 1.165) is 12.1 Å². The van der Waals surface area contributed by atoms with Crippen LogP contribution in [0.4, 0.5) is 13.2 Å². The smallest absolute Gasteiger partial charge is 0.352 e. The minimum Gasteiger partial charge on any atom is -0.352 e. The SMILES string of the molecule is CC(C)CNC(=O)C=Cc1cccc(C(F)(F)F)c1. The molecule has 2 nitrogen and oxygen atoms in total. The first-order chi connectivity index (χ1) is 8.79. The fourth-order valence-electron chi connectivity index (χ4n) is 1.35. The Morgan fingerprint density at radius 1 is 1.37 bits per heavy atom. The van der Waals surface area contributed by atoms with Gasteiger partial charge in [0.05, 0.1) is 5.56 Å². The van der Waals surface area contributed by atoms with Crippen molar-refractivity contribution in [3.63, 3.8) is 0 Å². The van der Waals surface area contributed by atoms with Crippen LogP contribution in [0.15, 0.2) is 30.3 Å². The van der Waals surface area contributed by atoms with E-state index in [1.807, 2.05) is 13.8 Å². The molecule has 0 aliphatic rings. The van der Waals surface area contributed by atoms with Gasteiger partial charge in [0, 0.05) is 12.6 Å². The zero-order valence-electron chi connectivity index (χ0n) is 10.8. The Labute approximate surface area is 110 Å². The normalized spacial score (nSPS) is 12.1. The maximum absolute atomic E-state index is 12.5. The molecule has 0 saturated carbocycles. The minimum atomic E-state index is -4.37. The predicted molar refractivity (Wildman–Crippen MR) is 68.3 cm³/mol. The number of alkyl halides is 3. The molecule has 0 radical (unpaired) electrons. The second-order valence-electron chi connectivity index (χ2n) is 4.60. The largest absolute Gasteiger partial charge is 0.416 e. The zero-order valence-corrected chi connectivity index (χ0v) is 10.8. The number of carbonyl (C=O) groups is 1. The van der Waals surface area contributed by atoms with E-state index >= 15 is 0 Å². The van der Waals surface area contributed by atoms with Gasteiger partial charge in [-0.2, -0.15) is 13.2 Å². The van der Waals surface area contributed by atoms with E-state index in [1.54, 1.807) is 0 Å². The van der Waals surface area contributed by atoms with Gasteiger partial charge in [0.15, 0.2) is 0 Å². The second kappa shape index (κ2) is 6.41. The molecular formula is C14H16F3NO. The first-order valence-corrected chi connectivity index (χ1v) is 5.92. The summed E-state index contributed by atoms with van der Waals surface area (Å²) >= 11 is 0. The molecule has 104 valence electrons. The Hall–Kier alpha value is -1.78. The van der Waals surface area contributed by atoms with Crippen molar-refractivity contribution in [2.45, 2.75) is 20.0 Å². The molecule has 1 rings (SSSR count). The molecule has 0 unspecified atom stereocenters. The lowest BCUT2D eigenvalue weighted by molar-refractivity contribution is -0.137. The lowest BCUT2D eigenvalue weighted by Gasteiger charge is -2.07. The molecule has 1 N–H and O–H groups in total. The van der Waals surface area contributed by atoms with Crippen LogP contribution in [-0.2, 0) is 11.0 Å². The van der Waals surface area contributed by atoms with Crippen molar-refractivity contribution in [3.05, 3.63) is 41.5 Å². The summed E-state index contributed by atoms with van der Waals surface area (Å²) in [7, 11) is 0. The van der Waals surface area contributed by atoms with E-state index in [4.69, 9.17) is 0 Å². The molecule has 0 fully saturated rings. The zero-order chi connectivity index (χ0) is 14.5. The Kier molecular flexibility index (Phi) is 5.15. The first kappa shape index (κ1) is 15.3. The molecule has 0 saturated heterocycles. The van der Waals surface area contributed by atoms with Gasteiger partial charge in [-0.3, -0.25) is 4.79 Å². The number of carbonyl (C=O) groups excluding carboxylic acids is 1. The topological polar surface area (TPSA) is 29.1 Å². The van der Waals surface area contributed by atoms with E-state index in [2.05, 4.69) is 5.32 Å². The van der Waals surface area contributed by atoms with Gasteiger partial charge in [-0.05, 0) is 29.7 Å². The summed E-state index contributed by atoms with van der Waals surface area (Å²) < 4.78 is 37.4. The van der Waals surface area contributed by atoms with Crippen LogP contribution < -0.4 is 5.32 Å². The van der Waals surface area contributed by atoms with Gasteiger partial charge < -0.3 is 5.32 Å². The average Bonchev–Trinajstić information content (AvgIpc) is 2.33. The Morgan fingerprint density at radius 3 is 2.63 bits per heavy atom. The van der Waals surface area contributed by atoms with E-state index < -0.39 is 11.7 Å². The maximum atomic E-state index is 12.5. The molecule has 1 aromatic carbocycles. The lowest BCUT2D eigenvalue weighted by Crippen LogP contribution is -2.25. The van der Waals surface area contributed by atoms with Crippen molar-refractivity contribution >= 4 is 12.0 Å². The molecule has 1 amide bonds. The third-order valence-corrected chi connectivity index (χ3v) is 2.33. The van der Waals surface area contributed by atoms with Crippen molar-refractivity contribution < 1.29 is 18.0 Å². The fraction of sp³-hybridized carbons (Fsp3) is 0.357. The van der Waals surface area contributed by atoms with Crippen molar-refractivity contribution in [2.24, 2.45) is 5.92 Å². The van der Waals surface area contributed by atoms with Crippen LogP contribution in [0.2, 0.25) is 0 Å². The van der Waals surface area contributed by atoms with E-state index in [9.17, 15) is 18.0 Å². The number of hydrogen-bond acceptors (Lipinski definition) is 1. The quantitative estimate of drug-likeness (QED) is 0.834. The molecule has 0 spiro atoms. The lowest BCUT2D eigenvalue weighted by atomic mass is 10.1. The van der Waals surface area contributed by atoms with Gasteiger partial charge in [0.1, 0.15) is 0 Å². The monoisotopic (exact) mass is 271 g/mol. The summed E-state index contributed by atoms with van der Waals surface area (Å²) in [5.41, 5.74) is -0.383. The molecule has 0 atom stereocenters. The van der Waals surface area contributed by atoms with Crippen LogP contribution in [-0.4, -0.2) is 12.5 Å². The van der Waals surface area contributed by atoms with Crippen molar-refractivity contribution in [1.82, 2.24) is 5.32 Å². The van der Waals surface area contributed by atoms with Gasteiger partial charge in [-0.25, -0.2) is 0 Å². The van der Waals surface area contributed by atoms with Crippen molar-refractivity contribution in [3.8, 4) is 0 Å². The summed E-state index contributed by atoms with van der Waals surface area (Å²) in [6.45, 7) is 4.44. The van der Waals surface area contributed by atoms with Crippen LogP contribution in [0, 0.1) is 5.92 Å². The number of benzene rings is 1. The molecule has 0 aliphatic heterocycles. The maximum Gasteiger partial charge on any atom is 0.416 e. The highest BCUT2D eigenvalue weighted by Crippen LogP contribution is 2.29. The highest BCUT2D eigenvalue weighted by atomic mass is 19.4. The number of halogens is 3. The summed E-state index contributed by atoms with van der Waals surface area (Å²) in [5, 5.41) is 2.65. The van der Waals surface area contributed by atoms with Gasteiger partial charge in [-0.15, -0.1) is 0 Å². The average molecular weight is 271 g/mol. The standard InChI is InChI=1S/C14H16F3NO/c1-10(2)9-18-13(19)7-6-11-4-3-5-12(8-11)14(15,16)17/h3-8,10H,9H2,1-2H3,(H,18,19). The molecule has 19 heavy (non-hydrogen) atoms. The summed E-state index contributed by atoms with van der Waals surface area (Å²) in [6.07, 6.45) is -1.77. The number of nitrogens with one attached hydrogen (secondary N) is 1. The Morgan fingerprint density at radius 2 is 2.05 bits per heavy atom. The number of amides is 1. The highest BCUT2D eigenvalue weighted by Gasteiger charge is 2.30. The second-order valence-corrected chi connectivity index (χ2v) is 4.60. The fourth-order valence-corrected chi connectivity index (χ4v) is 1.35. The third kappa shape index (κ3) is 5.59. The molecule has 1 aromatic rings. The van der Waals surface area contributed by atoms with Crippen LogP contribution in [0.3, 0.4) is 0 Å². The highest BCUT2D eigenvalue weighted by molar-refractivity contribution is 5.91. The van der Waals surface area contributed by atoms with Crippen LogP contribution in [0.1, 0.15) is 25.0 Å². The third-order valence-electron chi connectivity index (χ3n) is 2.33.